The van der Waals surface area contributed by atoms with Gasteiger partial charge in [-0.25, -0.2) is 4.98 Å². The second-order valence-electron chi connectivity index (χ2n) is 5.86. The van der Waals surface area contributed by atoms with Crippen molar-refractivity contribution < 1.29 is 9.90 Å². The van der Waals surface area contributed by atoms with Gasteiger partial charge in [0, 0.05) is 23.0 Å². The number of carboxylic acid groups (broad SMARTS) is 1. The maximum atomic E-state index is 10.9. The van der Waals surface area contributed by atoms with E-state index < -0.39 is 5.97 Å². The van der Waals surface area contributed by atoms with Gasteiger partial charge in [-0.15, -0.1) is 0 Å². The summed E-state index contributed by atoms with van der Waals surface area (Å²) < 4.78 is 4.34. The number of hydrogen-bond acceptors (Lipinski definition) is 5. The molecular formula is C12H19N3O2S. The highest BCUT2D eigenvalue weighted by atomic mass is 32.1. The van der Waals surface area contributed by atoms with Gasteiger partial charge in [0.15, 0.2) is 0 Å². The fourth-order valence-electron chi connectivity index (χ4n) is 2.10. The van der Waals surface area contributed by atoms with Gasteiger partial charge in [-0.3, -0.25) is 4.79 Å². The number of aromatic nitrogens is 2. The Balaban J connectivity index is 1.95. The predicted molar refractivity (Wildman–Crippen MR) is 71.0 cm³/mol. The molecule has 2 rings (SSSR count). The summed E-state index contributed by atoms with van der Waals surface area (Å²) in [5, 5.41) is 13.1. The van der Waals surface area contributed by atoms with Crippen LogP contribution in [-0.2, 0) is 10.2 Å². The van der Waals surface area contributed by atoms with Crippen LogP contribution in [0.5, 0.6) is 0 Å². The molecule has 2 unspecified atom stereocenters. The Morgan fingerprint density at radius 3 is 2.67 bits per heavy atom. The van der Waals surface area contributed by atoms with Crippen molar-refractivity contribution in [2.24, 2.45) is 5.92 Å². The smallest absolute Gasteiger partial charge is 0.306 e. The molecule has 1 aliphatic carbocycles. The van der Waals surface area contributed by atoms with Crippen LogP contribution in [0.1, 0.15) is 45.9 Å². The first-order valence-electron chi connectivity index (χ1n) is 6.20. The zero-order chi connectivity index (χ0) is 13.3. The Morgan fingerprint density at radius 2 is 2.17 bits per heavy atom. The highest BCUT2D eigenvalue weighted by Crippen LogP contribution is 2.30. The number of carbonyl (C=O) groups is 1. The largest absolute Gasteiger partial charge is 0.481 e. The van der Waals surface area contributed by atoms with Crippen molar-refractivity contribution in [1.82, 2.24) is 9.36 Å². The first kappa shape index (κ1) is 13.3. The zero-order valence-corrected chi connectivity index (χ0v) is 11.8. The van der Waals surface area contributed by atoms with Gasteiger partial charge in [0.1, 0.15) is 5.82 Å². The summed E-state index contributed by atoms with van der Waals surface area (Å²) in [7, 11) is 0. The molecular weight excluding hydrogens is 250 g/mol. The second kappa shape index (κ2) is 4.84. The standard InChI is InChI=1S/C12H19N3O2S/c1-12(2,3)10-14-11(18-15-10)13-8-5-4-7(6-8)9(16)17/h7-8H,4-6H2,1-3H3,(H,16,17)(H,13,14,15). The van der Waals surface area contributed by atoms with Crippen LogP contribution < -0.4 is 5.32 Å². The molecule has 0 radical (unpaired) electrons. The predicted octanol–water partition coefficient (Wildman–Crippen LogP) is 2.50. The van der Waals surface area contributed by atoms with Crippen LogP contribution in [0.3, 0.4) is 0 Å². The fraction of sp³-hybridized carbons (Fsp3) is 0.750. The van der Waals surface area contributed by atoms with Crippen LogP contribution in [0.4, 0.5) is 5.13 Å². The lowest BCUT2D eigenvalue weighted by molar-refractivity contribution is -0.141. The molecule has 5 nitrogen and oxygen atoms in total. The van der Waals surface area contributed by atoms with Gasteiger partial charge >= 0.3 is 5.97 Å². The monoisotopic (exact) mass is 269 g/mol. The third kappa shape index (κ3) is 2.98. The third-order valence-corrected chi connectivity index (χ3v) is 3.85. The van der Waals surface area contributed by atoms with E-state index in [9.17, 15) is 4.79 Å². The van der Waals surface area contributed by atoms with Crippen molar-refractivity contribution in [2.75, 3.05) is 5.32 Å². The Morgan fingerprint density at radius 1 is 1.44 bits per heavy atom. The maximum absolute atomic E-state index is 10.9. The second-order valence-corrected chi connectivity index (χ2v) is 6.61. The van der Waals surface area contributed by atoms with Crippen LogP contribution in [0.15, 0.2) is 0 Å². The molecule has 1 aliphatic rings. The molecule has 0 aromatic carbocycles. The lowest BCUT2D eigenvalue weighted by Gasteiger charge is -2.13. The lowest BCUT2D eigenvalue weighted by Crippen LogP contribution is -2.18. The van der Waals surface area contributed by atoms with Gasteiger partial charge in [0.2, 0.25) is 5.13 Å². The van der Waals surface area contributed by atoms with Crippen molar-refractivity contribution >= 4 is 22.6 Å². The minimum atomic E-state index is -0.688. The Bertz CT molecular complexity index is 439. The van der Waals surface area contributed by atoms with Crippen molar-refractivity contribution in [3.8, 4) is 0 Å². The third-order valence-electron chi connectivity index (χ3n) is 3.21. The first-order chi connectivity index (χ1) is 8.36. The number of carboxylic acids is 1. The molecule has 100 valence electrons. The van der Waals surface area contributed by atoms with E-state index in [4.69, 9.17) is 5.11 Å². The molecule has 0 bridgehead atoms. The van der Waals surface area contributed by atoms with E-state index >= 15 is 0 Å². The molecule has 1 aromatic rings. The normalized spacial score (nSPS) is 24.2. The number of nitrogens with one attached hydrogen (secondary N) is 1. The number of aliphatic carboxylic acids is 1. The van der Waals surface area contributed by atoms with E-state index in [1.54, 1.807) is 0 Å². The quantitative estimate of drug-likeness (QED) is 0.881. The van der Waals surface area contributed by atoms with E-state index in [1.807, 2.05) is 0 Å². The molecule has 0 amide bonds. The highest BCUT2D eigenvalue weighted by Gasteiger charge is 2.30. The van der Waals surface area contributed by atoms with Gasteiger partial charge in [-0.1, -0.05) is 20.8 Å². The lowest BCUT2D eigenvalue weighted by atomic mass is 9.96. The molecule has 18 heavy (non-hydrogen) atoms. The van der Waals surface area contributed by atoms with Crippen LogP contribution >= 0.6 is 11.5 Å². The summed E-state index contributed by atoms with van der Waals surface area (Å²) in [4.78, 5) is 15.3. The van der Waals surface area contributed by atoms with Gasteiger partial charge in [0.05, 0.1) is 5.92 Å². The SMILES string of the molecule is CC(C)(C)c1nsc(NC2CCC(C(=O)O)C2)n1. The van der Waals surface area contributed by atoms with Crippen molar-refractivity contribution in [1.29, 1.82) is 0 Å². The van der Waals surface area contributed by atoms with Crippen molar-refractivity contribution in [3.05, 3.63) is 5.82 Å². The average Bonchev–Trinajstić information content (AvgIpc) is 2.85. The van der Waals surface area contributed by atoms with Crippen LogP contribution in [0.2, 0.25) is 0 Å². The van der Waals surface area contributed by atoms with E-state index in [0.29, 0.717) is 6.42 Å². The zero-order valence-electron chi connectivity index (χ0n) is 10.9. The molecule has 1 heterocycles. The van der Waals surface area contributed by atoms with Gasteiger partial charge in [0.25, 0.3) is 0 Å². The Hall–Kier alpha value is -1.17. The minimum Gasteiger partial charge on any atom is -0.481 e. The highest BCUT2D eigenvalue weighted by molar-refractivity contribution is 7.09. The number of anilines is 1. The summed E-state index contributed by atoms with van der Waals surface area (Å²) in [5.41, 5.74) is -0.0459. The number of rotatable bonds is 3. The van der Waals surface area contributed by atoms with Crippen molar-refractivity contribution in [2.45, 2.75) is 51.5 Å². The Labute approximate surface area is 111 Å². The molecule has 1 saturated carbocycles. The topological polar surface area (TPSA) is 75.1 Å². The van der Waals surface area contributed by atoms with Gasteiger partial charge < -0.3 is 10.4 Å². The van der Waals surface area contributed by atoms with E-state index in [2.05, 4.69) is 35.4 Å². The minimum absolute atomic E-state index is 0.0459. The van der Waals surface area contributed by atoms with E-state index in [1.165, 1.54) is 11.5 Å². The number of hydrogen-bond donors (Lipinski definition) is 2. The van der Waals surface area contributed by atoms with Crippen molar-refractivity contribution in [3.63, 3.8) is 0 Å². The summed E-state index contributed by atoms with van der Waals surface area (Å²) in [6.45, 7) is 6.23. The maximum Gasteiger partial charge on any atom is 0.306 e. The van der Waals surface area contributed by atoms with Gasteiger partial charge in [-0.05, 0) is 19.3 Å². The molecule has 1 fully saturated rings. The average molecular weight is 269 g/mol. The van der Waals surface area contributed by atoms with E-state index in [-0.39, 0.29) is 17.4 Å². The molecule has 0 saturated heterocycles. The fourth-order valence-corrected chi connectivity index (χ4v) is 2.93. The molecule has 2 atom stereocenters. The molecule has 1 aromatic heterocycles. The Kier molecular flexibility index (Phi) is 3.56. The summed E-state index contributed by atoms with van der Waals surface area (Å²) in [6.07, 6.45) is 2.32. The van der Waals surface area contributed by atoms with Crippen LogP contribution in [0, 0.1) is 5.92 Å². The molecule has 0 aliphatic heterocycles. The van der Waals surface area contributed by atoms with Gasteiger partial charge in [-0.2, -0.15) is 4.37 Å². The van der Waals surface area contributed by atoms with Crippen LogP contribution in [0.25, 0.3) is 0 Å². The number of nitrogens with zero attached hydrogens (tertiary/aromatic N) is 2. The molecule has 2 N–H and O–H groups in total. The van der Waals surface area contributed by atoms with Crippen LogP contribution in [-0.4, -0.2) is 26.5 Å². The first-order valence-corrected chi connectivity index (χ1v) is 6.97. The summed E-state index contributed by atoms with van der Waals surface area (Å²) in [5.74, 6) is -0.0627. The van der Waals surface area contributed by atoms with E-state index in [0.717, 1.165) is 23.8 Å². The molecule has 0 spiro atoms. The summed E-state index contributed by atoms with van der Waals surface area (Å²) in [6, 6.07) is 0.215. The molecule has 6 heteroatoms. The summed E-state index contributed by atoms with van der Waals surface area (Å²) >= 11 is 1.35.